The Morgan fingerprint density at radius 3 is 2.54 bits per heavy atom. The summed E-state index contributed by atoms with van der Waals surface area (Å²) in [4.78, 5) is 34.6. The van der Waals surface area contributed by atoms with E-state index in [2.05, 4.69) is 5.43 Å². The molecule has 26 heavy (non-hydrogen) atoms. The van der Waals surface area contributed by atoms with Crippen molar-refractivity contribution in [2.24, 2.45) is 0 Å². The molecule has 8 heteroatoms. The lowest BCUT2D eigenvalue weighted by molar-refractivity contribution is -0.384. The molecule has 0 radical (unpaired) electrons. The molecule has 1 aliphatic heterocycles. The zero-order valence-corrected chi connectivity index (χ0v) is 14.4. The van der Waals surface area contributed by atoms with Crippen LogP contribution in [0.1, 0.15) is 15.9 Å². The molecule has 1 saturated heterocycles. The number of nitro groups is 1. The summed E-state index contributed by atoms with van der Waals surface area (Å²) in [5, 5.41) is 11.6. The molecular formula is C18H15N3O4S. The molecule has 0 aliphatic carbocycles. The van der Waals surface area contributed by atoms with Crippen LogP contribution in [0.5, 0.6) is 0 Å². The highest BCUT2D eigenvalue weighted by molar-refractivity contribution is 8.01. The maximum atomic E-state index is 12.3. The van der Waals surface area contributed by atoms with Gasteiger partial charge in [0.25, 0.3) is 17.5 Å². The maximum Gasteiger partial charge on any atom is 0.269 e. The van der Waals surface area contributed by atoms with Crippen LogP contribution in [-0.2, 0) is 4.79 Å². The molecule has 2 aromatic carbocycles. The summed E-state index contributed by atoms with van der Waals surface area (Å²) in [6, 6.07) is 14.9. The van der Waals surface area contributed by atoms with Gasteiger partial charge in [0.1, 0.15) is 5.37 Å². The summed E-state index contributed by atoms with van der Waals surface area (Å²) in [7, 11) is 0. The van der Waals surface area contributed by atoms with Crippen molar-refractivity contribution in [3.05, 3.63) is 81.9 Å². The van der Waals surface area contributed by atoms with Crippen molar-refractivity contribution in [2.75, 3.05) is 5.75 Å². The highest BCUT2D eigenvalue weighted by Crippen LogP contribution is 2.25. The van der Waals surface area contributed by atoms with Gasteiger partial charge in [0.2, 0.25) is 0 Å². The second-order valence-electron chi connectivity index (χ2n) is 5.48. The molecule has 1 fully saturated rings. The Balaban J connectivity index is 1.69. The van der Waals surface area contributed by atoms with E-state index in [9.17, 15) is 19.7 Å². The average Bonchev–Trinajstić information content (AvgIpc) is 3.00. The molecule has 0 spiro atoms. The minimum atomic E-state index is -0.535. The SMILES string of the molecule is O=C(NN1C(=O)CSC1/C=C/c1ccccc1)c1ccc([N+](=O)[O-])cc1. The Morgan fingerprint density at radius 1 is 1.19 bits per heavy atom. The molecule has 0 bridgehead atoms. The highest BCUT2D eigenvalue weighted by atomic mass is 32.2. The van der Waals surface area contributed by atoms with Crippen molar-refractivity contribution in [1.29, 1.82) is 0 Å². The fourth-order valence-electron chi connectivity index (χ4n) is 2.38. The Kier molecular flexibility index (Phi) is 5.33. The number of thioether (sulfide) groups is 1. The fraction of sp³-hybridized carbons (Fsp3) is 0.111. The number of hydrazine groups is 1. The predicted octanol–water partition coefficient (Wildman–Crippen LogP) is 2.85. The third-order valence-electron chi connectivity index (χ3n) is 3.72. The number of nitrogens with zero attached hydrogens (tertiary/aromatic N) is 2. The lowest BCUT2D eigenvalue weighted by Gasteiger charge is -2.22. The second-order valence-corrected chi connectivity index (χ2v) is 6.59. The number of hydrogen-bond acceptors (Lipinski definition) is 5. The first-order valence-electron chi connectivity index (χ1n) is 7.77. The van der Waals surface area contributed by atoms with Crippen molar-refractivity contribution in [1.82, 2.24) is 10.4 Å². The molecule has 2 amide bonds. The van der Waals surface area contributed by atoms with Gasteiger partial charge >= 0.3 is 0 Å². The summed E-state index contributed by atoms with van der Waals surface area (Å²) < 4.78 is 0. The standard InChI is InChI=1S/C18H15N3O4S/c22-16-12-26-17(11-6-13-4-2-1-3-5-13)20(16)19-18(23)14-7-9-15(10-8-14)21(24)25/h1-11,17H,12H2,(H,19,23)/b11-6+. The average molecular weight is 369 g/mol. The van der Waals surface area contributed by atoms with Crippen molar-refractivity contribution in [3.63, 3.8) is 0 Å². The number of non-ortho nitro benzene ring substituents is 1. The zero-order valence-electron chi connectivity index (χ0n) is 13.6. The summed E-state index contributed by atoms with van der Waals surface area (Å²) in [5.41, 5.74) is 3.72. The van der Waals surface area contributed by atoms with Crippen molar-refractivity contribution < 1.29 is 14.5 Å². The van der Waals surface area contributed by atoms with Gasteiger partial charge < -0.3 is 0 Å². The van der Waals surface area contributed by atoms with Crippen LogP contribution in [0.4, 0.5) is 5.69 Å². The smallest absolute Gasteiger partial charge is 0.269 e. The van der Waals surface area contributed by atoms with Crippen molar-refractivity contribution >= 4 is 35.3 Å². The van der Waals surface area contributed by atoms with Crippen LogP contribution in [0.25, 0.3) is 6.08 Å². The van der Waals surface area contributed by atoms with E-state index < -0.39 is 10.8 Å². The summed E-state index contributed by atoms with van der Waals surface area (Å²) in [6.07, 6.45) is 3.74. The van der Waals surface area contributed by atoms with E-state index in [-0.39, 0.29) is 28.3 Å². The monoisotopic (exact) mass is 369 g/mol. The molecule has 1 atom stereocenters. The highest BCUT2D eigenvalue weighted by Gasteiger charge is 2.31. The van der Waals surface area contributed by atoms with Crippen LogP contribution in [0.3, 0.4) is 0 Å². The Bertz CT molecular complexity index is 852. The molecule has 1 aliphatic rings. The van der Waals surface area contributed by atoms with Gasteiger partial charge in [0.05, 0.1) is 10.7 Å². The van der Waals surface area contributed by atoms with Gasteiger partial charge in [-0.1, -0.05) is 36.4 Å². The molecule has 132 valence electrons. The molecular weight excluding hydrogens is 354 g/mol. The number of hydrogen-bond donors (Lipinski definition) is 1. The minimum Gasteiger partial charge on any atom is -0.272 e. The fourth-order valence-corrected chi connectivity index (χ4v) is 3.34. The van der Waals surface area contributed by atoms with E-state index in [1.54, 1.807) is 0 Å². The number of carbonyl (C=O) groups is 2. The van der Waals surface area contributed by atoms with Gasteiger partial charge in [-0.3, -0.25) is 25.1 Å². The molecule has 2 aromatic rings. The number of nitro benzene ring substituents is 1. The van der Waals surface area contributed by atoms with Crippen LogP contribution >= 0.6 is 11.8 Å². The maximum absolute atomic E-state index is 12.3. The molecule has 1 heterocycles. The van der Waals surface area contributed by atoms with E-state index >= 15 is 0 Å². The van der Waals surface area contributed by atoms with Gasteiger partial charge in [-0.15, -0.1) is 11.8 Å². The first kappa shape index (κ1) is 17.7. The number of amides is 2. The summed E-state index contributed by atoms with van der Waals surface area (Å²) in [5.74, 6) is -0.425. The summed E-state index contributed by atoms with van der Waals surface area (Å²) >= 11 is 1.41. The molecule has 3 rings (SSSR count). The summed E-state index contributed by atoms with van der Waals surface area (Å²) in [6.45, 7) is 0. The van der Waals surface area contributed by atoms with Crippen LogP contribution < -0.4 is 5.43 Å². The van der Waals surface area contributed by atoms with E-state index in [4.69, 9.17) is 0 Å². The van der Waals surface area contributed by atoms with Crippen molar-refractivity contribution in [3.8, 4) is 0 Å². The van der Waals surface area contributed by atoms with Gasteiger partial charge in [0, 0.05) is 17.7 Å². The minimum absolute atomic E-state index is 0.0991. The van der Waals surface area contributed by atoms with E-state index in [1.807, 2.05) is 42.5 Å². The third kappa shape index (κ3) is 4.09. The third-order valence-corrected chi connectivity index (χ3v) is 4.84. The topological polar surface area (TPSA) is 92.6 Å². The number of carbonyl (C=O) groups excluding carboxylic acids is 2. The second kappa shape index (κ2) is 7.83. The molecule has 1 N–H and O–H groups in total. The van der Waals surface area contributed by atoms with Gasteiger partial charge in [0.15, 0.2) is 0 Å². The molecule has 0 aromatic heterocycles. The first-order chi connectivity index (χ1) is 12.5. The molecule has 0 saturated carbocycles. The quantitative estimate of drug-likeness (QED) is 0.646. The van der Waals surface area contributed by atoms with Crippen LogP contribution in [0, 0.1) is 10.1 Å². The lowest BCUT2D eigenvalue weighted by Crippen LogP contribution is -2.46. The zero-order chi connectivity index (χ0) is 18.5. The van der Waals surface area contributed by atoms with E-state index in [1.165, 1.54) is 41.0 Å². The largest absolute Gasteiger partial charge is 0.272 e. The van der Waals surface area contributed by atoms with Crippen LogP contribution in [-0.4, -0.2) is 32.9 Å². The Labute approximate surface area is 153 Å². The van der Waals surface area contributed by atoms with E-state index in [0.717, 1.165) is 5.56 Å². The number of nitrogens with one attached hydrogen (secondary N) is 1. The molecule has 7 nitrogen and oxygen atoms in total. The normalized spacial score (nSPS) is 16.8. The first-order valence-corrected chi connectivity index (χ1v) is 8.82. The number of rotatable bonds is 5. The van der Waals surface area contributed by atoms with Gasteiger partial charge in [-0.25, -0.2) is 5.01 Å². The Hall–Kier alpha value is -3.13. The van der Waals surface area contributed by atoms with Crippen LogP contribution in [0.2, 0.25) is 0 Å². The van der Waals surface area contributed by atoms with Gasteiger partial charge in [-0.05, 0) is 23.8 Å². The number of benzene rings is 2. The Morgan fingerprint density at radius 2 is 1.88 bits per heavy atom. The van der Waals surface area contributed by atoms with E-state index in [0.29, 0.717) is 0 Å². The van der Waals surface area contributed by atoms with Crippen LogP contribution in [0.15, 0.2) is 60.7 Å². The lowest BCUT2D eigenvalue weighted by atomic mass is 10.2. The molecule has 1 unspecified atom stereocenters. The predicted molar refractivity (Wildman–Crippen MR) is 99.1 cm³/mol. The van der Waals surface area contributed by atoms with Gasteiger partial charge in [-0.2, -0.15) is 0 Å². The van der Waals surface area contributed by atoms with Crippen molar-refractivity contribution in [2.45, 2.75) is 5.37 Å².